The van der Waals surface area contributed by atoms with E-state index in [4.69, 9.17) is 0 Å². The average molecular weight is 216 g/mol. The third kappa shape index (κ3) is 3.15. The van der Waals surface area contributed by atoms with Gasteiger partial charge in [0.25, 0.3) is 0 Å². The molecule has 88 valence electrons. The van der Waals surface area contributed by atoms with E-state index in [-0.39, 0.29) is 18.0 Å². The largest absolute Gasteiger partial charge is 0.389 e. The Morgan fingerprint density at radius 2 is 1.73 bits per heavy atom. The molecule has 0 aromatic rings. The smallest absolute Gasteiger partial charge is 0.237 e. The lowest BCUT2D eigenvalue weighted by atomic mass is 10.2. The van der Waals surface area contributed by atoms with E-state index in [2.05, 4.69) is 5.32 Å². The zero-order valence-electron chi connectivity index (χ0n) is 9.47. The van der Waals surface area contributed by atoms with Crippen molar-refractivity contribution < 1.29 is 15.0 Å². The van der Waals surface area contributed by atoms with Crippen LogP contribution in [0.2, 0.25) is 0 Å². The Hall–Kier alpha value is -0.650. The summed E-state index contributed by atoms with van der Waals surface area (Å²) in [6, 6.07) is -0.198. The number of carbonyl (C=O) groups excluding carboxylic acids is 1. The monoisotopic (exact) mass is 216 g/mol. The van der Waals surface area contributed by atoms with Crippen LogP contribution >= 0.6 is 0 Å². The number of amides is 1. The number of hydrogen-bond donors (Lipinski definition) is 3. The standard InChI is InChI=1S/C10H20N2O3/c1-6(2)11-10(15)7(3)12-4-8(13)9(14)5-12/h6-9,13-14H,4-5H2,1-3H3,(H,11,15). The van der Waals surface area contributed by atoms with Crippen molar-refractivity contribution in [2.24, 2.45) is 0 Å². The molecular formula is C10H20N2O3. The first-order valence-corrected chi connectivity index (χ1v) is 5.32. The maximum Gasteiger partial charge on any atom is 0.237 e. The molecule has 1 saturated heterocycles. The molecule has 3 N–H and O–H groups in total. The molecule has 1 aliphatic rings. The second kappa shape index (κ2) is 4.92. The number of rotatable bonds is 3. The Morgan fingerprint density at radius 3 is 2.13 bits per heavy atom. The maximum absolute atomic E-state index is 11.6. The zero-order valence-corrected chi connectivity index (χ0v) is 9.47. The van der Waals surface area contributed by atoms with Crippen LogP contribution in [0, 0.1) is 0 Å². The van der Waals surface area contributed by atoms with Crippen LogP contribution in [0.25, 0.3) is 0 Å². The SMILES string of the molecule is CC(C)NC(=O)C(C)N1CC(O)C(O)C1. The van der Waals surface area contributed by atoms with Crippen LogP contribution in [0.4, 0.5) is 0 Å². The molecular weight excluding hydrogens is 196 g/mol. The molecule has 1 heterocycles. The second-order valence-corrected chi connectivity index (χ2v) is 4.43. The number of carbonyl (C=O) groups is 1. The number of nitrogens with one attached hydrogen (secondary N) is 1. The fourth-order valence-electron chi connectivity index (χ4n) is 1.69. The molecule has 0 aromatic heterocycles. The summed E-state index contributed by atoms with van der Waals surface area (Å²) in [6.45, 7) is 6.29. The third-order valence-corrected chi connectivity index (χ3v) is 2.65. The molecule has 1 aliphatic heterocycles. The van der Waals surface area contributed by atoms with Gasteiger partial charge in [0.2, 0.25) is 5.91 Å². The minimum Gasteiger partial charge on any atom is -0.389 e. The van der Waals surface area contributed by atoms with Crippen molar-refractivity contribution >= 4 is 5.91 Å². The lowest BCUT2D eigenvalue weighted by Crippen LogP contribution is -2.46. The summed E-state index contributed by atoms with van der Waals surface area (Å²) in [6.07, 6.45) is -1.47. The number of likely N-dealkylation sites (tertiary alicyclic amines) is 1. The van der Waals surface area contributed by atoms with E-state index in [1.165, 1.54) is 0 Å². The minimum absolute atomic E-state index is 0.0636. The number of aliphatic hydroxyl groups excluding tert-OH is 2. The van der Waals surface area contributed by atoms with Gasteiger partial charge >= 0.3 is 0 Å². The van der Waals surface area contributed by atoms with Crippen LogP contribution in [0.3, 0.4) is 0 Å². The van der Waals surface area contributed by atoms with E-state index in [9.17, 15) is 15.0 Å². The lowest BCUT2D eigenvalue weighted by Gasteiger charge is -2.23. The molecule has 0 spiro atoms. The fraction of sp³-hybridized carbons (Fsp3) is 0.900. The van der Waals surface area contributed by atoms with Gasteiger partial charge in [0.1, 0.15) is 0 Å². The molecule has 0 saturated carbocycles. The van der Waals surface area contributed by atoms with Crippen LogP contribution < -0.4 is 5.32 Å². The number of aliphatic hydroxyl groups is 2. The van der Waals surface area contributed by atoms with E-state index in [1.54, 1.807) is 11.8 Å². The highest BCUT2D eigenvalue weighted by Crippen LogP contribution is 2.13. The van der Waals surface area contributed by atoms with E-state index in [0.29, 0.717) is 13.1 Å². The van der Waals surface area contributed by atoms with Crippen molar-refractivity contribution in [1.29, 1.82) is 0 Å². The molecule has 1 fully saturated rings. The summed E-state index contributed by atoms with van der Waals surface area (Å²) >= 11 is 0. The molecule has 0 aliphatic carbocycles. The van der Waals surface area contributed by atoms with Gasteiger partial charge in [-0.1, -0.05) is 0 Å². The van der Waals surface area contributed by atoms with Gasteiger partial charge in [0.15, 0.2) is 0 Å². The van der Waals surface area contributed by atoms with E-state index in [1.807, 2.05) is 13.8 Å². The Balaban J connectivity index is 2.47. The highest BCUT2D eigenvalue weighted by atomic mass is 16.3. The van der Waals surface area contributed by atoms with Crippen molar-refractivity contribution in [3.8, 4) is 0 Å². The third-order valence-electron chi connectivity index (χ3n) is 2.65. The van der Waals surface area contributed by atoms with Crippen LogP contribution in [-0.4, -0.2) is 58.4 Å². The Bertz CT molecular complexity index is 223. The normalized spacial score (nSPS) is 29.5. The Kier molecular flexibility index (Phi) is 4.07. The molecule has 0 radical (unpaired) electrons. The predicted octanol–water partition coefficient (Wildman–Crippen LogP) is -1.06. The van der Waals surface area contributed by atoms with Crippen LogP contribution in [0.15, 0.2) is 0 Å². The summed E-state index contributed by atoms with van der Waals surface area (Å²) in [7, 11) is 0. The fourth-order valence-corrected chi connectivity index (χ4v) is 1.69. The van der Waals surface area contributed by atoms with Gasteiger partial charge in [-0.25, -0.2) is 0 Å². The topological polar surface area (TPSA) is 72.8 Å². The lowest BCUT2D eigenvalue weighted by molar-refractivity contribution is -0.126. The first-order chi connectivity index (χ1) is 6.91. The van der Waals surface area contributed by atoms with E-state index in [0.717, 1.165) is 0 Å². The first kappa shape index (κ1) is 12.4. The van der Waals surface area contributed by atoms with Crippen molar-refractivity contribution in [3.05, 3.63) is 0 Å². The van der Waals surface area contributed by atoms with Crippen molar-refractivity contribution in [1.82, 2.24) is 10.2 Å². The van der Waals surface area contributed by atoms with Crippen LogP contribution in [0.5, 0.6) is 0 Å². The quantitative estimate of drug-likeness (QED) is 0.562. The molecule has 0 bridgehead atoms. The van der Waals surface area contributed by atoms with Gasteiger partial charge < -0.3 is 15.5 Å². The highest BCUT2D eigenvalue weighted by molar-refractivity contribution is 5.81. The van der Waals surface area contributed by atoms with Gasteiger partial charge in [-0.2, -0.15) is 0 Å². The Labute approximate surface area is 90.1 Å². The van der Waals surface area contributed by atoms with Crippen LogP contribution in [0.1, 0.15) is 20.8 Å². The molecule has 5 nitrogen and oxygen atoms in total. The summed E-state index contributed by atoms with van der Waals surface area (Å²) in [5, 5.41) is 21.5. The number of nitrogens with zero attached hydrogens (tertiary/aromatic N) is 1. The van der Waals surface area contributed by atoms with Crippen molar-refractivity contribution in [2.45, 2.75) is 45.1 Å². The molecule has 3 unspecified atom stereocenters. The van der Waals surface area contributed by atoms with Crippen molar-refractivity contribution in [2.75, 3.05) is 13.1 Å². The van der Waals surface area contributed by atoms with Crippen molar-refractivity contribution in [3.63, 3.8) is 0 Å². The van der Waals surface area contributed by atoms with Gasteiger partial charge in [0, 0.05) is 19.1 Å². The summed E-state index contributed by atoms with van der Waals surface area (Å²) < 4.78 is 0. The van der Waals surface area contributed by atoms with E-state index >= 15 is 0 Å². The Morgan fingerprint density at radius 1 is 1.27 bits per heavy atom. The number of hydrogen-bond acceptors (Lipinski definition) is 4. The molecule has 1 rings (SSSR count). The van der Waals surface area contributed by atoms with E-state index < -0.39 is 12.2 Å². The zero-order chi connectivity index (χ0) is 11.6. The summed E-state index contributed by atoms with van der Waals surface area (Å²) in [4.78, 5) is 13.4. The average Bonchev–Trinajstić information content (AvgIpc) is 2.44. The maximum atomic E-state index is 11.6. The second-order valence-electron chi connectivity index (χ2n) is 4.43. The van der Waals surface area contributed by atoms with Gasteiger partial charge in [-0.15, -0.1) is 0 Å². The molecule has 15 heavy (non-hydrogen) atoms. The summed E-state index contributed by atoms with van der Waals surface area (Å²) in [5.74, 6) is -0.0636. The van der Waals surface area contributed by atoms with Gasteiger partial charge in [0.05, 0.1) is 18.2 Å². The van der Waals surface area contributed by atoms with Gasteiger partial charge in [-0.3, -0.25) is 9.69 Å². The molecule has 5 heteroatoms. The first-order valence-electron chi connectivity index (χ1n) is 5.32. The number of β-amino-alcohol motifs (C(OH)–C–C–N with tert-alkyl or cyclic N) is 2. The molecule has 3 atom stereocenters. The molecule has 0 aromatic carbocycles. The summed E-state index contributed by atoms with van der Waals surface area (Å²) in [5.41, 5.74) is 0. The molecule has 1 amide bonds. The predicted molar refractivity (Wildman–Crippen MR) is 56.3 cm³/mol. The van der Waals surface area contributed by atoms with Gasteiger partial charge in [-0.05, 0) is 20.8 Å². The highest BCUT2D eigenvalue weighted by Gasteiger charge is 2.34. The van der Waals surface area contributed by atoms with Crippen LogP contribution in [-0.2, 0) is 4.79 Å². The minimum atomic E-state index is -0.737.